The van der Waals surface area contributed by atoms with Crippen LogP contribution in [0.5, 0.6) is 0 Å². The van der Waals surface area contributed by atoms with Gasteiger partial charge in [-0.3, -0.25) is 19.7 Å². The van der Waals surface area contributed by atoms with Crippen LogP contribution in [0.15, 0.2) is 0 Å². The zero-order valence-electron chi connectivity index (χ0n) is 15.5. The Morgan fingerprint density at radius 3 is 2.80 bits per heavy atom. The van der Waals surface area contributed by atoms with Crippen LogP contribution < -0.4 is 0 Å². The van der Waals surface area contributed by atoms with Crippen molar-refractivity contribution in [1.82, 2.24) is 29.9 Å². The first-order chi connectivity index (χ1) is 12.0. The minimum atomic E-state index is 0.109. The Bertz CT molecular complexity index is 627. The molecule has 0 radical (unpaired) electrons. The molecule has 0 bridgehead atoms. The van der Waals surface area contributed by atoms with E-state index in [1.165, 1.54) is 12.8 Å². The minimum absolute atomic E-state index is 0.109. The van der Waals surface area contributed by atoms with Gasteiger partial charge in [0.25, 0.3) is 0 Å². The maximum Gasteiger partial charge on any atom is 0.222 e. The monoisotopic (exact) mass is 346 g/mol. The Morgan fingerprint density at radius 2 is 2.08 bits per heavy atom. The number of nitrogens with one attached hydrogen (secondary N) is 1. The van der Waals surface area contributed by atoms with Crippen molar-refractivity contribution in [3.05, 3.63) is 11.6 Å². The normalized spacial score (nSPS) is 29.4. The molecule has 1 atom stereocenters. The number of nitrogens with zero attached hydrogens (tertiary/aromatic N) is 5. The largest absolute Gasteiger partial charge is 0.342 e. The minimum Gasteiger partial charge on any atom is -0.342 e. The fraction of sp³-hybridized carbons (Fsp3) is 0.833. The van der Waals surface area contributed by atoms with E-state index < -0.39 is 0 Å². The lowest BCUT2D eigenvalue weighted by atomic mass is 9.86. The van der Waals surface area contributed by atoms with Gasteiger partial charge >= 0.3 is 0 Å². The first-order valence-electron chi connectivity index (χ1n) is 9.63. The highest BCUT2D eigenvalue weighted by molar-refractivity contribution is 5.76. The third-order valence-corrected chi connectivity index (χ3v) is 6.27. The molecule has 7 nitrogen and oxygen atoms in total. The predicted molar refractivity (Wildman–Crippen MR) is 94.9 cm³/mol. The lowest BCUT2D eigenvalue weighted by Crippen LogP contribution is -2.60. The van der Waals surface area contributed by atoms with Gasteiger partial charge in [-0.15, -0.1) is 0 Å². The number of hydrogen-bond donors (Lipinski definition) is 1. The zero-order chi connectivity index (χ0) is 17.4. The number of likely N-dealkylation sites (tertiary alicyclic amines) is 1. The van der Waals surface area contributed by atoms with E-state index in [0.717, 1.165) is 69.7 Å². The van der Waals surface area contributed by atoms with Crippen molar-refractivity contribution >= 4 is 5.91 Å². The molecule has 4 rings (SSSR count). The molecule has 1 spiro atoms. The van der Waals surface area contributed by atoms with Gasteiger partial charge < -0.3 is 4.90 Å². The quantitative estimate of drug-likeness (QED) is 0.882. The first kappa shape index (κ1) is 17.0. The van der Waals surface area contributed by atoms with Crippen LogP contribution in [0.2, 0.25) is 0 Å². The predicted octanol–water partition coefficient (Wildman–Crippen LogP) is 1.02. The number of aryl methyl sites for hydroxylation is 1. The van der Waals surface area contributed by atoms with E-state index in [-0.39, 0.29) is 5.54 Å². The lowest BCUT2D eigenvalue weighted by Gasteiger charge is -2.49. The zero-order valence-corrected chi connectivity index (χ0v) is 15.5. The molecule has 3 fully saturated rings. The summed E-state index contributed by atoms with van der Waals surface area (Å²) in [5.74, 6) is 2.87. The Kier molecular flexibility index (Phi) is 4.54. The molecule has 2 saturated heterocycles. The van der Waals surface area contributed by atoms with E-state index in [4.69, 9.17) is 0 Å². The van der Waals surface area contributed by atoms with E-state index in [9.17, 15) is 4.79 Å². The molecule has 1 aromatic heterocycles. The maximum absolute atomic E-state index is 12.6. The topological polar surface area (TPSA) is 68.4 Å². The van der Waals surface area contributed by atoms with Crippen molar-refractivity contribution in [2.75, 3.05) is 39.8 Å². The molecule has 0 aromatic carbocycles. The third-order valence-electron chi connectivity index (χ3n) is 6.27. The summed E-state index contributed by atoms with van der Waals surface area (Å²) < 4.78 is 0. The van der Waals surface area contributed by atoms with E-state index in [2.05, 4.69) is 36.9 Å². The standard InChI is InChI=1S/C18H30N6O/c1-14-19-16(21-20-14)12-23-10-9-22(2)18(13-23)6-5-17(25)24(8-7-18)11-15-3-4-15/h15H,3-13H2,1-2H3,(H,19,20,21)/t18-/m1/s1. The SMILES string of the molecule is Cc1nc(CN2CCN(C)[C@@]3(CCC(=O)N(CC4CC4)CC3)C2)n[nH]1. The van der Waals surface area contributed by atoms with Gasteiger partial charge in [-0.25, -0.2) is 4.98 Å². The maximum atomic E-state index is 12.6. The van der Waals surface area contributed by atoms with E-state index in [1.54, 1.807) is 0 Å². The van der Waals surface area contributed by atoms with Crippen molar-refractivity contribution in [3.63, 3.8) is 0 Å². The number of carbonyl (C=O) groups excluding carboxylic acids is 1. The molecule has 138 valence electrons. The Morgan fingerprint density at radius 1 is 1.24 bits per heavy atom. The summed E-state index contributed by atoms with van der Waals surface area (Å²) in [5.41, 5.74) is 0.109. The van der Waals surface area contributed by atoms with Gasteiger partial charge in [0.15, 0.2) is 5.82 Å². The number of H-pyrrole nitrogens is 1. The van der Waals surface area contributed by atoms with Gasteiger partial charge in [0, 0.05) is 44.7 Å². The van der Waals surface area contributed by atoms with Gasteiger partial charge in [-0.05, 0) is 45.6 Å². The van der Waals surface area contributed by atoms with Crippen molar-refractivity contribution < 1.29 is 4.79 Å². The fourth-order valence-corrected chi connectivity index (χ4v) is 4.37. The molecule has 2 aliphatic heterocycles. The molecule has 1 aromatic rings. The molecule has 7 heteroatoms. The molecule has 3 heterocycles. The van der Waals surface area contributed by atoms with Crippen LogP contribution in [-0.2, 0) is 11.3 Å². The van der Waals surface area contributed by atoms with Crippen LogP contribution in [0.4, 0.5) is 0 Å². The molecule has 1 aliphatic carbocycles. The molecule has 3 aliphatic rings. The number of likely N-dealkylation sites (N-methyl/N-ethyl adjacent to an activating group) is 1. The van der Waals surface area contributed by atoms with Gasteiger partial charge in [0.2, 0.25) is 5.91 Å². The highest BCUT2D eigenvalue weighted by atomic mass is 16.2. The molecular weight excluding hydrogens is 316 g/mol. The van der Waals surface area contributed by atoms with Crippen LogP contribution in [0.1, 0.15) is 43.8 Å². The van der Waals surface area contributed by atoms with Crippen LogP contribution in [0.25, 0.3) is 0 Å². The average Bonchev–Trinajstić information content (AvgIpc) is 3.34. The Labute approximate surface area is 149 Å². The van der Waals surface area contributed by atoms with Crippen molar-refractivity contribution in [2.45, 2.75) is 51.1 Å². The molecule has 0 unspecified atom stereocenters. The van der Waals surface area contributed by atoms with Crippen molar-refractivity contribution in [1.29, 1.82) is 0 Å². The molecule has 1 N–H and O–H groups in total. The van der Waals surface area contributed by atoms with Gasteiger partial charge in [0.05, 0.1) is 6.54 Å². The summed E-state index contributed by atoms with van der Waals surface area (Å²) >= 11 is 0. The number of rotatable bonds is 4. The highest BCUT2D eigenvalue weighted by Gasteiger charge is 2.42. The number of aromatic amines is 1. The van der Waals surface area contributed by atoms with Crippen LogP contribution >= 0.6 is 0 Å². The van der Waals surface area contributed by atoms with Crippen LogP contribution in [0, 0.1) is 12.8 Å². The number of aromatic nitrogens is 3. The highest BCUT2D eigenvalue weighted by Crippen LogP contribution is 2.35. The number of amides is 1. The smallest absolute Gasteiger partial charge is 0.222 e. The summed E-state index contributed by atoms with van der Waals surface area (Å²) in [6.07, 6.45) is 5.33. The van der Waals surface area contributed by atoms with Gasteiger partial charge in [0.1, 0.15) is 5.82 Å². The molecular formula is C18H30N6O. The number of carbonyl (C=O) groups is 1. The Hall–Kier alpha value is -1.47. The van der Waals surface area contributed by atoms with E-state index >= 15 is 0 Å². The van der Waals surface area contributed by atoms with Gasteiger partial charge in [-0.2, -0.15) is 5.10 Å². The van der Waals surface area contributed by atoms with Crippen LogP contribution in [0.3, 0.4) is 0 Å². The number of hydrogen-bond acceptors (Lipinski definition) is 5. The summed E-state index contributed by atoms with van der Waals surface area (Å²) in [4.78, 5) is 24.1. The summed E-state index contributed by atoms with van der Waals surface area (Å²) in [6, 6.07) is 0. The summed E-state index contributed by atoms with van der Waals surface area (Å²) in [7, 11) is 2.23. The van der Waals surface area contributed by atoms with E-state index in [1.807, 2.05) is 6.92 Å². The third kappa shape index (κ3) is 3.72. The fourth-order valence-electron chi connectivity index (χ4n) is 4.37. The van der Waals surface area contributed by atoms with Crippen molar-refractivity contribution in [2.24, 2.45) is 5.92 Å². The molecule has 1 saturated carbocycles. The van der Waals surface area contributed by atoms with Crippen LogP contribution in [-0.4, -0.2) is 81.1 Å². The molecule has 25 heavy (non-hydrogen) atoms. The summed E-state index contributed by atoms with van der Waals surface area (Å²) in [6.45, 7) is 7.70. The van der Waals surface area contributed by atoms with Crippen molar-refractivity contribution in [3.8, 4) is 0 Å². The first-order valence-corrected chi connectivity index (χ1v) is 9.63. The second kappa shape index (κ2) is 6.68. The summed E-state index contributed by atoms with van der Waals surface area (Å²) in [5, 5.41) is 7.23. The molecule has 1 amide bonds. The Balaban J connectivity index is 1.43. The van der Waals surface area contributed by atoms with Gasteiger partial charge in [-0.1, -0.05) is 0 Å². The second-order valence-electron chi connectivity index (χ2n) is 8.23. The van der Waals surface area contributed by atoms with E-state index in [0.29, 0.717) is 12.3 Å². The number of piperazine rings is 1. The lowest BCUT2D eigenvalue weighted by molar-refractivity contribution is -0.131. The second-order valence-corrected chi connectivity index (χ2v) is 8.23. The average molecular weight is 346 g/mol.